The number of piperazine rings is 1. The van der Waals surface area contributed by atoms with Crippen LogP contribution >= 0.6 is 0 Å². The largest absolute Gasteiger partial charge is 0.461 e. The highest BCUT2D eigenvalue weighted by molar-refractivity contribution is 6.01. The molecule has 1 spiro atoms. The molecule has 2 atom stereocenters. The van der Waals surface area contributed by atoms with Gasteiger partial charge in [-0.15, -0.1) is 0 Å². The van der Waals surface area contributed by atoms with Crippen molar-refractivity contribution in [3.63, 3.8) is 0 Å². The van der Waals surface area contributed by atoms with E-state index in [0.717, 1.165) is 31.5 Å². The van der Waals surface area contributed by atoms with E-state index < -0.39 is 17.6 Å². The summed E-state index contributed by atoms with van der Waals surface area (Å²) in [5.74, 6) is -0.880. The van der Waals surface area contributed by atoms with E-state index in [4.69, 9.17) is 9.47 Å². The lowest BCUT2D eigenvalue weighted by Gasteiger charge is -2.51. The summed E-state index contributed by atoms with van der Waals surface area (Å²) >= 11 is 0. The molecule has 8 heteroatoms. The monoisotopic (exact) mass is 429 g/mol. The number of nitrogens with zero attached hydrogens (tertiary/aromatic N) is 2. The molecule has 1 N–H and O–H groups in total. The lowest BCUT2D eigenvalue weighted by atomic mass is 9.81. The fourth-order valence-electron chi connectivity index (χ4n) is 4.72. The van der Waals surface area contributed by atoms with Crippen molar-refractivity contribution in [2.75, 3.05) is 33.3 Å². The average Bonchev–Trinajstić information content (AvgIpc) is 3.29. The topological polar surface area (TPSA) is 88.2 Å². The van der Waals surface area contributed by atoms with Crippen LogP contribution in [0.1, 0.15) is 37.7 Å². The smallest absolute Gasteiger partial charge is 0.308 e. The van der Waals surface area contributed by atoms with Gasteiger partial charge in [0.25, 0.3) is 0 Å². The number of carbonyl (C=O) groups is 3. The van der Waals surface area contributed by atoms with Gasteiger partial charge in [0.05, 0.1) is 12.5 Å². The van der Waals surface area contributed by atoms with Crippen LogP contribution in [0.15, 0.2) is 30.3 Å². The molecule has 3 fully saturated rings. The van der Waals surface area contributed by atoms with Crippen molar-refractivity contribution in [2.24, 2.45) is 0 Å². The summed E-state index contributed by atoms with van der Waals surface area (Å²) in [6.07, 6.45) is 2.78. The second-order valence-electron chi connectivity index (χ2n) is 8.80. The first-order valence-electron chi connectivity index (χ1n) is 11.1. The number of rotatable bonds is 6. The van der Waals surface area contributed by atoms with Crippen LogP contribution in [-0.2, 0) is 30.5 Å². The zero-order valence-corrected chi connectivity index (χ0v) is 18.0. The molecular weight excluding hydrogens is 398 g/mol. The molecule has 4 rings (SSSR count). The second kappa shape index (κ2) is 9.36. The van der Waals surface area contributed by atoms with E-state index in [1.165, 1.54) is 0 Å². The van der Waals surface area contributed by atoms with Gasteiger partial charge < -0.3 is 24.6 Å². The fraction of sp³-hybridized carbons (Fsp3) is 0.609. The van der Waals surface area contributed by atoms with Gasteiger partial charge in [-0.25, -0.2) is 0 Å². The number of piperidine rings is 1. The number of carbonyl (C=O) groups excluding carboxylic acids is 3. The maximum absolute atomic E-state index is 13.5. The standard InChI is InChI=1S/C23H31N3O5/c1-25-11-9-23(10-12-25)22(29)24-19(21(28)26(23)15-18-8-5-13-30-18)14-20(27)31-16-17-6-3-2-4-7-17/h2-4,6-7,18-19H,5,8-16H2,1H3,(H,24,29). The van der Waals surface area contributed by atoms with E-state index in [1.54, 1.807) is 4.90 Å². The van der Waals surface area contributed by atoms with E-state index in [2.05, 4.69) is 10.2 Å². The van der Waals surface area contributed by atoms with Crippen molar-refractivity contribution in [1.29, 1.82) is 0 Å². The number of amides is 2. The third-order valence-electron chi connectivity index (χ3n) is 6.65. The van der Waals surface area contributed by atoms with Gasteiger partial charge in [-0.3, -0.25) is 14.4 Å². The Morgan fingerprint density at radius 1 is 1.23 bits per heavy atom. The molecule has 2 amide bonds. The molecule has 3 heterocycles. The van der Waals surface area contributed by atoms with Gasteiger partial charge in [0.1, 0.15) is 18.2 Å². The minimum Gasteiger partial charge on any atom is -0.461 e. The molecule has 1 aromatic carbocycles. The number of hydrogen-bond acceptors (Lipinski definition) is 6. The Bertz CT molecular complexity index is 801. The predicted molar refractivity (Wildman–Crippen MR) is 113 cm³/mol. The van der Waals surface area contributed by atoms with Crippen LogP contribution in [0, 0.1) is 0 Å². The molecule has 1 aromatic rings. The zero-order chi connectivity index (χ0) is 21.8. The van der Waals surface area contributed by atoms with Crippen LogP contribution in [0.3, 0.4) is 0 Å². The first-order valence-corrected chi connectivity index (χ1v) is 11.1. The summed E-state index contributed by atoms with van der Waals surface area (Å²) in [6, 6.07) is 8.48. The fourth-order valence-corrected chi connectivity index (χ4v) is 4.72. The number of benzene rings is 1. The van der Waals surface area contributed by atoms with Gasteiger partial charge in [0.15, 0.2) is 0 Å². The lowest BCUT2D eigenvalue weighted by Crippen LogP contribution is -2.73. The summed E-state index contributed by atoms with van der Waals surface area (Å²) in [6.45, 7) is 2.71. The normalized spacial score (nSPS) is 26.2. The SMILES string of the molecule is CN1CCC2(CC1)C(=O)NC(CC(=O)OCc1ccccc1)C(=O)N2CC1CCCO1. The third-order valence-corrected chi connectivity index (χ3v) is 6.65. The first-order chi connectivity index (χ1) is 15.0. The molecule has 3 aliphatic rings. The Balaban J connectivity index is 1.45. The number of likely N-dealkylation sites (tertiary alicyclic amines) is 1. The van der Waals surface area contributed by atoms with Crippen molar-refractivity contribution in [3.05, 3.63) is 35.9 Å². The summed E-state index contributed by atoms with van der Waals surface area (Å²) in [5, 5.41) is 2.84. The number of esters is 1. The summed E-state index contributed by atoms with van der Waals surface area (Å²) < 4.78 is 11.1. The summed E-state index contributed by atoms with van der Waals surface area (Å²) in [5.41, 5.74) is 0.0140. The third kappa shape index (κ3) is 4.75. The van der Waals surface area contributed by atoms with E-state index in [9.17, 15) is 14.4 Å². The Morgan fingerprint density at radius 3 is 2.65 bits per heavy atom. The van der Waals surface area contributed by atoms with E-state index >= 15 is 0 Å². The highest BCUT2D eigenvalue weighted by Gasteiger charge is 2.54. The molecule has 3 saturated heterocycles. The van der Waals surface area contributed by atoms with Crippen molar-refractivity contribution in [3.8, 4) is 0 Å². The van der Waals surface area contributed by atoms with Gasteiger partial charge in [-0.1, -0.05) is 30.3 Å². The number of nitrogens with one attached hydrogen (secondary N) is 1. The Morgan fingerprint density at radius 2 is 1.97 bits per heavy atom. The van der Waals surface area contributed by atoms with Gasteiger partial charge in [0.2, 0.25) is 11.8 Å². The van der Waals surface area contributed by atoms with E-state index in [-0.39, 0.29) is 30.9 Å². The Kier molecular flexibility index (Phi) is 6.57. The van der Waals surface area contributed by atoms with Crippen molar-refractivity contribution >= 4 is 17.8 Å². The molecule has 0 aromatic heterocycles. The maximum atomic E-state index is 13.5. The quantitative estimate of drug-likeness (QED) is 0.681. The Labute approximate surface area is 182 Å². The molecule has 168 valence electrons. The van der Waals surface area contributed by atoms with Gasteiger partial charge in [-0.2, -0.15) is 0 Å². The number of hydrogen-bond donors (Lipinski definition) is 1. The molecule has 3 aliphatic heterocycles. The lowest BCUT2D eigenvalue weighted by molar-refractivity contribution is -0.165. The second-order valence-corrected chi connectivity index (χ2v) is 8.80. The molecule has 8 nitrogen and oxygen atoms in total. The molecule has 0 bridgehead atoms. The minimum absolute atomic E-state index is 0.0583. The molecule has 2 unspecified atom stereocenters. The van der Waals surface area contributed by atoms with Gasteiger partial charge in [-0.05, 0) is 38.3 Å². The minimum atomic E-state index is -0.901. The van der Waals surface area contributed by atoms with E-state index in [0.29, 0.717) is 26.0 Å². The van der Waals surface area contributed by atoms with Crippen LogP contribution < -0.4 is 5.32 Å². The number of ether oxygens (including phenoxy) is 2. The highest BCUT2D eigenvalue weighted by atomic mass is 16.5. The maximum Gasteiger partial charge on any atom is 0.308 e. The molecule has 0 radical (unpaired) electrons. The first kappa shape index (κ1) is 21.8. The van der Waals surface area contributed by atoms with Crippen LogP contribution in [0.2, 0.25) is 0 Å². The van der Waals surface area contributed by atoms with Crippen molar-refractivity contribution in [1.82, 2.24) is 15.1 Å². The highest BCUT2D eigenvalue weighted by Crippen LogP contribution is 2.34. The zero-order valence-electron chi connectivity index (χ0n) is 18.0. The van der Waals surface area contributed by atoms with E-state index in [1.807, 2.05) is 37.4 Å². The van der Waals surface area contributed by atoms with Crippen molar-refractivity contribution < 1.29 is 23.9 Å². The molecule has 31 heavy (non-hydrogen) atoms. The van der Waals surface area contributed by atoms with Crippen LogP contribution in [0.25, 0.3) is 0 Å². The average molecular weight is 430 g/mol. The predicted octanol–water partition coefficient (Wildman–Crippen LogP) is 1.09. The van der Waals surface area contributed by atoms with Crippen LogP contribution in [-0.4, -0.2) is 78.6 Å². The van der Waals surface area contributed by atoms with Gasteiger partial charge in [0, 0.05) is 26.2 Å². The molecule has 0 saturated carbocycles. The van der Waals surface area contributed by atoms with Crippen LogP contribution in [0.5, 0.6) is 0 Å². The molecular formula is C23H31N3O5. The van der Waals surface area contributed by atoms with Gasteiger partial charge >= 0.3 is 5.97 Å². The van der Waals surface area contributed by atoms with Crippen LogP contribution in [0.4, 0.5) is 0 Å². The Hall–Kier alpha value is -2.45. The summed E-state index contributed by atoms with van der Waals surface area (Å²) in [4.78, 5) is 43.0. The summed E-state index contributed by atoms with van der Waals surface area (Å²) in [7, 11) is 2.02. The van der Waals surface area contributed by atoms with Crippen molar-refractivity contribution in [2.45, 2.75) is 56.4 Å². The molecule has 0 aliphatic carbocycles.